The minimum absolute atomic E-state index is 0.253. The highest BCUT2D eigenvalue weighted by atomic mass is 32.2. The number of carbonyl (C=O) groups excluding carboxylic acids is 1. The zero-order valence-electron chi connectivity index (χ0n) is 9.15. The Balaban J connectivity index is 2.03. The van der Waals surface area contributed by atoms with E-state index in [-0.39, 0.29) is 5.82 Å². The van der Waals surface area contributed by atoms with Gasteiger partial charge in [0.2, 0.25) is 0 Å². The van der Waals surface area contributed by atoms with Crippen LogP contribution >= 0.6 is 11.8 Å². The van der Waals surface area contributed by atoms with Crippen LogP contribution < -0.4 is 5.32 Å². The molecule has 0 radical (unpaired) electrons. The zero-order valence-corrected chi connectivity index (χ0v) is 9.97. The maximum absolute atomic E-state index is 12.6. The second kappa shape index (κ2) is 5.01. The molecule has 17 heavy (non-hydrogen) atoms. The molecule has 0 saturated carbocycles. The average molecular weight is 256 g/mol. The van der Waals surface area contributed by atoms with Crippen LogP contribution in [0.15, 0.2) is 18.3 Å². The van der Waals surface area contributed by atoms with Crippen molar-refractivity contribution >= 4 is 23.5 Å². The van der Waals surface area contributed by atoms with Crippen LogP contribution in [0, 0.1) is 5.82 Å². The Morgan fingerprint density at radius 3 is 2.76 bits per heavy atom. The quantitative estimate of drug-likeness (QED) is 0.840. The van der Waals surface area contributed by atoms with Crippen LogP contribution in [0.5, 0.6) is 0 Å². The number of carbonyl (C=O) groups is 1. The predicted molar refractivity (Wildman–Crippen MR) is 64.3 cm³/mol. The van der Waals surface area contributed by atoms with Crippen LogP contribution in [0.4, 0.5) is 10.2 Å². The second-order valence-corrected chi connectivity index (χ2v) is 5.18. The summed E-state index contributed by atoms with van der Waals surface area (Å²) in [7, 11) is 0. The number of nitrogens with zero attached hydrogens (tertiary/aromatic N) is 1. The van der Waals surface area contributed by atoms with Crippen molar-refractivity contribution in [3.05, 3.63) is 24.1 Å². The zero-order chi connectivity index (χ0) is 12.3. The molecule has 2 heterocycles. The lowest BCUT2D eigenvalue weighted by atomic mass is 9.96. The summed E-state index contributed by atoms with van der Waals surface area (Å²) in [4.78, 5) is 15.6. The van der Waals surface area contributed by atoms with Crippen molar-refractivity contribution in [1.82, 2.24) is 4.98 Å². The monoisotopic (exact) mass is 256 g/mol. The van der Waals surface area contributed by atoms with Gasteiger partial charge in [-0.05, 0) is 36.5 Å². The maximum Gasteiger partial charge on any atom is 0.257 e. The molecule has 1 aromatic rings. The lowest BCUT2D eigenvalue weighted by molar-refractivity contribution is -0.134. The van der Waals surface area contributed by atoms with Gasteiger partial charge >= 0.3 is 0 Å². The number of anilines is 1. The normalized spacial score (nSPS) is 18.7. The summed E-state index contributed by atoms with van der Waals surface area (Å²) >= 11 is 1.72. The molecular weight excluding hydrogens is 243 g/mol. The molecule has 2 rings (SSSR count). The molecule has 6 heteroatoms. The van der Waals surface area contributed by atoms with Crippen LogP contribution in [0.3, 0.4) is 0 Å². The first-order chi connectivity index (χ1) is 8.10. The minimum Gasteiger partial charge on any atom is -0.380 e. The summed E-state index contributed by atoms with van der Waals surface area (Å²) in [6.45, 7) is 0. The van der Waals surface area contributed by atoms with E-state index in [1.165, 1.54) is 12.1 Å². The van der Waals surface area contributed by atoms with E-state index in [0.717, 1.165) is 17.7 Å². The van der Waals surface area contributed by atoms with E-state index in [2.05, 4.69) is 10.3 Å². The van der Waals surface area contributed by atoms with E-state index in [1.54, 1.807) is 11.8 Å². The van der Waals surface area contributed by atoms with Crippen LogP contribution in [-0.2, 0) is 4.79 Å². The third-order valence-electron chi connectivity index (χ3n) is 2.71. The van der Waals surface area contributed by atoms with Crippen LogP contribution in [0.1, 0.15) is 12.8 Å². The molecule has 0 spiro atoms. The predicted octanol–water partition coefficient (Wildman–Crippen LogP) is 1.42. The lowest BCUT2D eigenvalue weighted by Crippen LogP contribution is -2.45. The van der Waals surface area contributed by atoms with Crippen molar-refractivity contribution in [2.75, 3.05) is 16.8 Å². The van der Waals surface area contributed by atoms with Crippen molar-refractivity contribution in [3.8, 4) is 0 Å². The number of thioether (sulfide) groups is 1. The van der Waals surface area contributed by atoms with E-state index in [4.69, 9.17) is 0 Å². The number of hydrogen-bond donors (Lipinski definition) is 2. The largest absolute Gasteiger partial charge is 0.380 e. The number of halogens is 1. The molecule has 0 aliphatic carbocycles. The first kappa shape index (κ1) is 12.3. The molecule has 0 bridgehead atoms. The van der Waals surface area contributed by atoms with E-state index in [9.17, 15) is 14.3 Å². The summed E-state index contributed by atoms with van der Waals surface area (Å²) in [5.74, 6) is 0.859. The van der Waals surface area contributed by atoms with Gasteiger partial charge in [-0.15, -0.1) is 0 Å². The molecule has 1 aliphatic heterocycles. The van der Waals surface area contributed by atoms with Gasteiger partial charge in [-0.2, -0.15) is 11.8 Å². The van der Waals surface area contributed by atoms with Gasteiger partial charge < -0.3 is 10.4 Å². The molecule has 0 atom stereocenters. The van der Waals surface area contributed by atoms with Crippen LogP contribution in [0.2, 0.25) is 0 Å². The molecule has 1 amide bonds. The third-order valence-corrected chi connectivity index (χ3v) is 3.70. The number of hydrogen-bond acceptors (Lipinski definition) is 4. The Bertz CT molecular complexity index is 404. The third kappa shape index (κ3) is 2.95. The Hall–Kier alpha value is -1.14. The number of nitrogens with one attached hydrogen (secondary N) is 1. The molecule has 1 saturated heterocycles. The molecule has 4 nitrogen and oxygen atoms in total. The molecule has 1 fully saturated rings. The molecule has 2 N–H and O–H groups in total. The summed E-state index contributed by atoms with van der Waals surface area (Å²) in [5, 5.41) is 12.6. The highest BCUT2D eigenvalue weighted by Crippen LogP contribution is 2.27. The van der Waals surface area contributed by atoms with Gasteiger partial charge in [0, 0.05) is 0 Å². The second-order valence-electron chi connectivity index (χ2n) is 3.96. The minimum atomic E-state index is -1.32. The number of rotatable bonds is 2. The van der Waals surface area contributed by atoms with Gasteiger partial charge in [0.1, 0.15) is 17.2 Å². The fourth-order valence-corrected chi connectivity index (χ4v) is 2.79. The number of amides is 1. The molecular formula is C11H13FN2O2S. The fraction of sp³-hybridized carbons (Fsp3) is 0.455. The molecule has 0 aromatic carbocycles. The Morgan fingerprint density at radius 1 is 1.47 bits per heavy atom. The molecule has 0 unspecified atom stereocenters. The fourth-order valence-electron chi connectivity index (χ4n) is 1.62. The lowest BCUT2D eigenvalue weighted by Gasteiger charge is -2.29. The van der Waals surface area contributed by atoms with Gasteiger partial charge in [-0.1, -0.05) is 0 Å². The van der Waals surface area contributed by atoms with Gasteiger partial charge in [0.25, 0.3) is 5.91 Å². The Morgan fingerprint density at radius 2 is 2.18 bits per heavy atom. The average Bonchev–Trinajstić information content (AvgIpc) is 2.33. The van der Waals surface area contributed by atoms with Gasteiger partial charge in [-0.3, -0.25) is 4.79 Å². The van der Waals surface area contributed by atoms with Gasteiger partial charge in [-0.25, -0.2) is 9.37 Å². The van der Waals surface area contributed by atoms with Crippen molar-refractivity contribution in [1.29, 1.82) is 0 Å². The van der Waals surface area contributed by atoms with Crippen molar-refractivity contribution in [3.63, 3.8) is 0 Å². The topological polar surface area (TPSA) is 62.2 Å². The summed E-state index contributed by atoms with van der Waals surface area (Å²) in [5.41, 5.74) is -1.32. The molecule has 1 aliphatic rings. The Labute approximate surface area is 103 Å². The summed E-state index contributed by atoms with van der Waals surface area (Å²) in [6.07, 6.45) is 1.89. The molecule has 92 valence electrons. The van der Waals surface area contributed by atoms with E-state index >= 15 is 0 Å². The van der Waals surface area contributed by atoms with Gasteiger partial charge in [0.05, 0.1) is 6.20 Å². The van der Waals surface area contributed by atoms with E-state index < -0.39 is 17.3 Å². The van der Waals surface area contributed by atoms with Crippen molar-refractivity contribution < 1.29 is 14.3 Å². The highest BCUT2D eigenvalue weighted by molar-refractivity contribution is 7.99. The SMILES string of the molecule is O=C(Nc1ccc(F)cn1)C1(O)CCSCC1. The van der Waals surface area contributed by atoms with Crippen molar-refractivity contribution in [2.24, 2.45) is 0 Å². The smallest absolute Gasteiger partial charge is 0.257 e. The Kier molecular flexibility index (Phi) is 3.63. The van der Waals surface area contributed by atoms with Crippen LogP contribution in [0.25, 0.3) is 0 Å². The highest BCUT2D eigenvalue weighted by Gasteiger charge is 2.37. The summed E-state index contributed by atoms with van der Waals surface area (Å²) in [6, 6.07) is 2.58. The first-order valence-electron chi connectivity index (χ1n) is 5.33. The van der Waals surface area contributed by atoms with Crippen molar-refractivity contribution in [2.45, 2.75) is 18.4 Å². The summed E-state index contributed by atoms with van der Waals surface area (Å²) < 4.78 is 12.6. The van der Waals surface area contributed by atoms with Crippen LogP contribution in [-0.4, -0.2) is 33.1 Å². The number of pyridine rings is 1. The van der Waals surface area contributed by atoms with Gasteiger partial charge in [0.15, 0.2) is 0 Å². The number of aliphatic hydroxyl groups is 1. The van der Waals surface area contributed by atoms with E-state index in [1.807, 2.05) is 0 Å². The molecule has 1 aromatic heterocycles. The maximum atomic E-state index is 12.6. The number of aromatic nitrogens is 1. The standard InChI is InChI=1S/C11H13FN2O2S/c12-8-1-2-9(13-7-8)14-10(15)11(16)3-5-17-6-4-11/h1-2,7,16H,3-6H2,(H,13,14,15). The van der Waals surface area contributed by atoms with E-state index in [0.29, 0.717) is 12.8 Å². The first-order valence-corrected chi connectivity index (χ1v) is 6.49.